The molecule has 27 heavy (non-hydrogen) atoms. The average Bonchev–Trinajstić information content (AvgIpc) is 2.98. The van der Waals surface area contributed by atoms with Gasteiger partial charge in [-0.3, -0.25) is 4.79 Å². The zero-order valence-corrected chi connectivity index (χ0v) is 16.4. The van der Waals surface area contributed by atoms with Crippen molar-refractivity contribution in [2.45, 2.75) is 58.5 Å². The highest BCUT2D eigenvalue weighted by molar-refractivity contribution is 7.15. The van der Waals surface area contributed by atoms with Gasteiger partial charge < -0.3 is 20.4 Å². The van der Waals surface area contributed by atoms with Gasteiger partial charge in [0.05, 0.1) is 10.6 Å². The number of hydrogen-bond acceptors (Lipinski definition) is 4. The second kappa shape index (κ2) is 8.44. The standard InChI is InChI=1S/C19H24N2O5S/c1-19(2,3)9-8-14-10-15(16(27-14)17(23)24)21(11-22)13-6-4-12(5-7-13)20-18(25)26/h10-13,20H,4-7H2,1-3H3,(H,23,24)(H,25,26). The highest BCUT2D eigenvalue weighted by Gasteiger charge is 2.30. The van der Waals surface area contributed by atoms with Crippen molar-refractivity contribution in [2.75, 3.05) is 4.90 Å². The predicted octanol–water partition coefficient (Wildman–Crippen LogP) is 3.39. The van der Waals surface area contributed by atoms with Crippen LogP contribution in [-0.2, 0) is 4.79 Å². The van der Waals surface area contributed by atoms with Crippen LogP contribution in [0.25, 0.3) is 0 Å². The zero-order valence-electron chi connectivity index (χ0n) is 15.6. The molecule has 7 nitrogen and oxygen atoms in total. The van der Waals surface area contributed by atoms with E-state index in [0.717, 1.165) is 11.3 Å². The summed E-state index contributed by atoms with van der Waals surface area (Å²) in [5.41, 5.74) is 0.142. The van der Waals surface area contributed by atoms with E-state index in [9.17, 15) is 19.5 Å². The minimum atomic E-state index is -1.09. The van der Waals surface area contributed by atoms with E-state index in [0.29, 0.717) is 42.7 Å². The number of nitrogens with zero attached hydrogens (tertiary/aromatic N) is 1. The summed E-state index contributed by atoms with van der Waals surface area (Å²) in [7, 11) is 0. The minimum Gasteiger partial charge on any atom is -0.477 e. The molecule has 2 rings (SSSR count). The van der Waals surface area contributed by atoms with Gasteiger partial charge in [0.15, 0.2) is 0 Å². The van der Waals surface area contributed by atoms with Gasteiger partial charge in [0.2, 0.25) is 6.41 Å². The number of hydrogen-bond donors (Lipinski definition) is 3. The third-order valence-electron chi connectivity index (χ3n) is 4.28. The largest absolute Gasteiger partial charge is 0.477 e. The summed E-state index contributed by atoms with van der Waals surface area (Å²) in [5, 5.41) is 20.8. The molecule has 2 amide bonds. The predicted molar refractivity (Wildman–Crippen MR) is 103 cm³/mol. The molecule has 0 bridgehead atoms. The van der Waals surface area contributed by atoms with Gasteiger partial charge >= 0.3 is 12.1 Å². The molecule has 0 saturated heterocycles. The molecule has 0 spiro atoms. The summed E-state index contributed by atoms with van der Waals surface area (Å²) < 4.78 is 0. The molecular weight excluding hydrogens is 368 g/mol. The van der Waals surface area contributed by atoms with Crippen molar-refractivity contribution in [3.05, 3.63) is 15.8 Å². The number of nitrogens with one attached hydrogen (secondary N) is 1. The van der Waals surface area contributed by atoms with Crippen LogP contribution in [0.3, 0.4) is 0 Å². The summed E-state index contributed by atoms with van der Waals surface area (Å²) >= 11 is 1.06. The van der Waals surface area contributed by atoms with Gasteiger partial charge in [-0.2, -0.15) is 0 Å². The molecule has 8 heteroatoms. The Balaban J connectivity index is 2.24. The van der Waals surface area contributed by atoms with Crippen LogP contribution in [0.15, 0.2) is 6.07 Å². The van der Waals surface area contributed by atoms with Gasteiger partial charge in [0.25, 0.3) is 0 Å². The Bertz CT molecular complexity index is 776. The summed E-state index contributed by atoms with van der Waals surface area (Å²) in [6, 6.07) is 1.36. The van der Waals surface area contributed by atoms with Crippen LogP contribution in [0.4, 0.5) is 10.5 Å². The maximum atomic E-state index is 11.8. The van der Waals surface area contributed by atoms with Crippen LogP contribution in [0, 0.1) is 17.3 Å². The second-order valence-corrected chi connectivity index (χ2v) is 8.65. The first-order valence-corrected chi connectivity index (χ1v) is 9.55. The highest BCUT2D eigenvalue weighted by atomic mass is 32.1. The lowest BCUT2D eigenvalue weighted by Crippen LogP contribution is -2.43. The Morgan fingerprint density at radius 3 is 2.37 bits per heavy atom. The number of carbonyl (C=O) groups excluding carboxylic acids is 1. The fourth-order valence-electron chi connectivity index (χ4n) is 3.05. The van der Waals surface area contributed by atoms with Crippen LogP contribution < -0.4 is 10.2 Å². The molecular formula is C19H24N2O5S. The first-order chi connectivity index (χ1) is 12.6. The van der Waals surface area contributed by atoms with Gasteiger partial charge in [-0.15, -0.1) is 11.3 Å². The van der Waals surface area contributed by atoms with Gasteiger partial charge in [-0.05, 0) is 52.5 Å². The third-order valence-corrected chi connectivity index (χ3v) is 5.30. The maximum absolute atomic E-state index is 11.8. The average molecular weight is 392 g/mol. The zero-order chi connectivity index (χ0) is 20.2. The van der Waals surface area contributed by atoms with E-state index in [-0.39, 0.29) is 22.4 Å². The summed E-state index contributed by atoms with van der Waals surface area (Å²) in [6.07, 6.45) is 2.00. The smallest absolute Gasteiger partial charge is 0.404 e. The van der Waals surface area contributed by atoms with Crippen molar-refractivity contribution in [1.82, 2.24) is 5.32 Å². The lowest BCUT2D eigenvalue weighted by atomic mass is 9.90. The molecule has 0 unspecified atom stereocenters. The monoisotopic (exact) mass is 392 g/mol. The number of rotatable bonds is 5. The number of aromatic carboxylic acids is 1. The second-order valence-electron chi connectivity index (χ2n) is 7.60. The van der Waals surface area contributed by atoms with Gasteiger partial charge in [0.1, 0.15) is 4.88 Å². The van der Waals surface area contributed by atoms with E-state index in [1.165, 1.54) is 4.90 Å². The van der Waals surface area contributed by atoms with Crippen molar-refractivity contribution in [3.63, 3.8) is 0 Å². The van der Waals surface area contributed by atoms with E-state index in [1.54, 1.807) is 6.07 Å². The lowest BCUT2D eigenvalue weighted by molar-refractivity contribution is -0.108. The number of carboxylic acid groups (broad SMARTS) is 2. The van der Waals surface area contributed by atoms with E-state index in [2.05, 4.69) is 17.2 Å². The molecule has 1 aliphatic rings. The normalized spacial score (nSPS) is 19.5. The Hall–Kier alpha value is -2.53. The number of thiophene rings is 1. The molecule has 0 aromatic carbocycles. The van der Waals surface area contributed by atoms with E-state index < -0.39 is 12.1 Å². The van der Waals surface area contributed by atoms with Gasteiger partial charge in [-0.25, -0.2) is 9.59 Å². The Labute approximate surface area is 162 Å². The summed E-state index contributed by atoms with van der Waals surface area (Å²) in [4.78, 5) is 36.3. The van der Waals surface area contributed by atoms with Crippen molar-refractivity contribution < 1.29 is 24.6 Å². The highest BCUT2D eigenvalue weighted by Crippen LogP contribution is 2.34. The minimum absolute atomic E-state index is 0.0890. The molecule has 1 aromatic rings. The number of amides is 2. The number of anilines is 1. The van der Waals surface area contributed by atoms with Crippen LogP contribution in [-0.4, -0.2) is 40.8 Å². The first-order valence-electron chi connectivity index (χ1n) is 8.74. The molecule has 146 valence electrons. The molecule has 1 heterocycles. The number of carbonyl (C=O) groups is 3. The summed E-state index contributed by atoms with van der Waals surface area (Å²) in [6.45, 7) is 5.90. The molecule has 0 aliphatic heterocycles. The fourth-order valence-corrected chi connectivity index (χ4v) is 3.90. The van der Waals surface area contributed by atoms with Crippen molar-refractivity contribution in [2.24, 2.45) is 5.41 Å². The van der Waals surface area contributed by atoms with E-state index in [1.807, 2.05) is 20.8 Å². The van der Waals surface area contributed by atoms with Crippen molar-refractivity contribution in [3.8, 4) is 11.8 Å². The van der Waals surface area contributed by atoms with Crippen molar-refractivity contribution in [1.29, 1.82) is 0 Å². The van der Waals surface area contributed by atoms with Crippen molar-refractivity contribution >= 4 is 35.5 Å². The van der Waals surface area contributed by atoms with E-state index >= 15 is 0 Å². The van der Waals surface area contributed by atoms with Gasteiger partial charge in [0, 0.05) is 17.5 Å². The van der Waals surface area contributed by atoms with Crippen LogP contribution in [0.5, 0.6) is 0 Å². The molecule has 1 aliphatic carbocycles. The maximum Gasteiger partial charge on any atom is 0.404 e. The van der Waals surface area contributed by atoms with Crippen LogP contribution in [0.1, 0.15) is 61.0 Å². The quantitative estimate of drug-likeness (QED) is 0.526. The Morgan fingerprint density at radius 1 is 1.26 bits per heavy atom. The molecule has 3 N–H and O–H groups in total. The SMILES string of the molecule is CC(C)(C)C#Cc1cc(N(C=O)C2CCC(NC(=O)O)CC2)c(C(=O)O)s1. The Morgan fingerprint density at radius 2 is 1.89 bits per heavy atom. The van der Waals surface area contributed by atoms with Gasteiger partial charge in [-0.1, -0.05) is 11.8 Å². The third kappa shape index (κ3) is 5.73. The lowest BCUT2D eigenvalue weighted by Gasteiger charge is -2.34. The first kappa shape index (κ1) is 20.8. The molecule has 1 aromatic heterocycles. The molecule has 1 fully saturated rings. The summed E-state index contributed by atoms with van der Waals surface area (Å²) in [5.74, 6) is 4.98. The molecule has 0 radical (unpaired) electrons. The fraction of sp³-hybridized carbons (Fsp3) is 0.526. The topological polar surface area (TPSA) is 107 Å². The molecule has 1 saturated carbocycles. The van der Waals surface area contributed by atoms with Crippen LogP contribution >= 0.6 is 11.3 Å². The number of carboxylic acids is 1. The molecule has 0 atom stereocenters. The van der Waals surface area contributed by atoms with Crippen LogP contribution in [0.2, 0.25) is 0 Å². The van der Waals surface area contributed by atoms with E-state index in [4.69, 9.17) is 5.11 Å². The Kier molecular flexibility index (Phi) is 6.50.